The highest BCUT2D eigenvalue weighted by Crippen LogP contribution is 2.31. The van der Waals surface area contributed by atoms with Crippen LogP contribution in [0.3, 0.4) is 0 Å². The minimum Gasteiger partial charge on any atom is -0.347 e. The third-order valence-electron chi connectivity index (χ3n) is 5.49. The van der Waals surface area contributed by atoms with Crippen molar-refractivity contribution in [2.75, 3.05) is 11.5 Å². The van der Waals surface area contributed by atoms with Gasteiger partial charge in [0.25, 0.3) is 11.8 Å². The van der Waals surface area contributed by atoms with Crippen LogP contribution >= 0.6 is 11.3 Å². The Labute approximate surface area is 178 Å². The first-order valence-electron chi connectivity index (χ1n) is 9.52. The lowest BCUT2D eigenvalue weighted by Crippen LogP contribution is -2.52. The molecule has 8 nitrogen and oxygen atoms in total. The van der Waals surface area contributed by atoms with Gasteiger partial charge in [-0.1, -0.05) is 18.2 Å². The van der Waals surface area contributed by atoms with Gasteiger partial charge in [0, 0.05) is 10.4 Å². The second kappa shape index (κ2) is 7.84. The predicted molar refractivity (Wildman–Crippen MR) is 112 cm³/mol. The summed E-state index contributed by atoms with van der Waals surface area (Å²) in [5, 5.41) is 7.49. The maximum Gasteiger partial charge on any atom is 0.325 e. The molecule has 158 valence electrons. The van der Waals surface area contributed by atoms with Crippen molar-refractivity contribution < 1.29 is 22.8 Å². The lowest BCUT2D eigenvalue weighted by Gasteiger charge is -2.30. The standard InChI is InChI=1S/C20H21N3O5S2/c24-17(21-12-16-2-1-9-29-16)15-5-3-14(4-6-15)13-23-18(25)20(22-19(23)26)7-10-30(27,28)11-8-20/h1-6,9H,7-8,10-13H2,(H,21,24)(H,22,26). The zero-order chi connectivity index (χ0) is 21.4. The first-order chi connectivity index (χ1) is 14.3. The van der Waals surface area contributed by atoms with Gasteiger partial charge in [-0.3, -0.25) is 14.5 Å². The molecule has 1 aromatic heterocycles. The Hall–Kier alpha value is -2.72. The van der Waals surface area contributed by atoms with Gasteiger partial charge in [-0.05, 0) is 42.0 Å². The zero-order valence-electron chi connectivity index (χ0n) is 16.1. The van der Waals surface area contributed by atoms with Crippen LogP contribution in [-0.4, -0.2) is 48.2 Å². The summed E-state index contributed by atoms with van der Waals surface area (Å²) >= 11 is 1.57. The summed E-state index contributed by atoms with van der Waals surface area (Å²) in [6.07, 6.45) is 0.194. The van der Waals surface area contributed by atoms with Crippen molar-refractivity contribution in [2.24, 2.45) is 0 Å². The summed E-state index contributed by atoms with van der Waals surface area (Å²) in [5.74, 6) is -0.808. The SMILES string of the molecule is O=C(NCc1cccs1)c1ccc(CN2C(=O)NC3(CCS(=O)(=O)CC3)C2=O)cc1. The lowest BCUT2D eigenvalue weighted by molar-refractivity contribution is -0.132. The molecule has 1 aromatic carbocycles. The first kappa shape index (κ1) is 20.5. The molecule has 10 heteroatoms. The van der Waals surface area contributed by atoms with E-state index in [2.05, 4.69) is 10.6 Å². The fraction of sp³-hybridized carbons (Fsp3) is 0.350. The molecule has 0 saturated carbocycles. The normalized spacial score (nSPS) is 19.7. The van der Waals surface area contributed by atoms with Crippen molar-refractivity contribution in [1.29, 1.82) is 0 Å². The molecule has 4 amide bonds. The second-order valence-corrected chi connectivity index (χ2v) is 10.9. The van der Waals surface area contributed by atoms with Gasteiger partial charge in [-0.15, -0.1) is 11.3 Å². The monoisotopic (exact) mass is 447 g/mol. The highest BCUT2D eigenvalue weighted by molar-refractivity contribution is 7.91. The van der Waals surface area contributed by atoms with Gasteiger partial charge < -0.3 is 10.6 Å². The number of amides is 4. The summed E-state index contributed by atoms with van der Waals surface area (Å²) in [7, 11) is -3.15. The Balaban J connectivity index is 1.39. The Kier molecular flexibility index (Phi) is 5.37. The van der Waals surface area contributed by atoms with E-state index in [0.717, 1.165) is 9.78 Å². The van der Waals surface area contributed by atoms with E-state index >= 15 is 0 Å². The van der Waals surface area contributed by atoms with E-state index in [-0.39, 0.29) is 42.7 Å². The maximum absolute atomic E-state index is 12.9. The van der Waals surface area contributed by atoms with Crippen LogP contribution in [0.1, 0.15) is 33.6 Å². The molecule has 1 spiro atoms. The number of sulfone groups is 1. The van der Waals surface area contributed by atoms with Gasteiger partial charge in [0.2, 0.25) is 0 Å². The first-order valence-corrected chi connectivity index (χ1v) is 12.2. The molecular formula is C20H21N3O5S2. The predicted octanol–water partition coefficient (Wildman–Crippen LogP) is 1.68. The fourth-order valence-corrected chi connectivity index (χ4v) is 5.84. The number of carbonyl (C=O) groups excluding carboxylic acids is 3. The Morgan fingerprint density at radius 1 is 1.13 bits per heavy atom. The summed E-state index contributed by atoms with van der Waals surface area (Å²) < 4.78 is 23.4. The van der Waals surface area contributed by atoms with E-state index in [9.17, 15) is 22.8 Å². The van der Waals surface area contributed by atoms with Crippen molar-refractivity contribution in [3.63, 3.8) is 0 Å². The number of nitrogens with zero attached hydrogens (tertiary/aromatic N) is 1. The number of benzene rings is 1. The average molecular weight is 448 g/mol. The number of nitrogens with one attached hydrogen (secondary N) is 2. The van der Waals surface area contributed by atoms with Crippen LogP contribution in [0.5, 0.6) is 0 Å². The molecule has 0 aliphatic carbocycles. The fourth-order valence-electron chi connectivity index (χ4n) is 3.67. The van der Waals surface area contributed by atoms with Crippen molar-refractivity contribution in [1.82, 2.24) is 15.5 Å². The minimum absolute atomic E-state index is 0.0657. The topological polar surface area (TPSA) is 113 Å². The third kappa shape index (κ3) is 4.10. The molecule has 2 N–H and O–H groups in total. The largest absolute Gasteiger partial charge is 0.347 e. The van der Waals surface area contributed by atoms with E-state index in [0.29, 0.717) is 17.7 Å². The molecule has 4 rings (SSSR count). The van der Waals surface area contributed by atoms with Gasteiger partial charge in [0.05, 0.1) is 24.6 Å². The maximum atomic E-state index is 12.9. The Morgan fingerprint density at radius 3 is 2.47 bits per heavy atom. The van der Waals surface area contributed by atoms with Gasteiger partial charge in [-0.2, -0.15) is 0 Å². The number of hydrogen-bond acceptors (Lipinski definition) is 6. The average Bonchev–Trinajstić information content (AvgIpc) is 3.32. The smallest absolute Gasteiger partial charge is 0.325 e. The van der Waals surface area contributed by atoms with Crippen LogP contribution in [0.25, 0.3) is 0 Å². The zero-order valence-corrected chi connectivity index (χ0v) is 17.7. The highest BCUT2D eigenvalue weighted by atomic mass is 32.2. The number of carbonyl (C=O) groups is 3. The molecule has 30 heavy (non-hydrogen) atoms. The second-order valence-electron chi connectivity index (χ2n) is 7.51. The third-order valence-corrected chi connectivity index (χ3v) is 8.01. The molecule has 0 bridgehead atoms. The van der Waals surface area contributed by atoms with Crippen LogP contribution in [0.4, 0.5) is 4.79 Å². The van der Waals surface area contributed by atoms with E-state index in [4.69, 9.17) is 0 Å². The van der Waals surface area contributed by atoms with E-state index in [1.807, 2.05) is 17.5 Å². The van der Waals surface area contributed by atoms with Crippen LogP contribution in [0.15, 0.2) is 41.8 Å². The van der Waals surface area contributed by atoms with Crippen molar-refractivity contribution in [3.8, 4) is 0 Å². The van der Waals surface area contributed by atoms with Crippen LogP contribution < -0.4 is 10.6 Å². The molecule has 2 fully saturated rings. The summed E-state index contributed by atoms with van der Waals surface area (Å²) in [6.45, 7) is 0.523. The van der Waals surface area contributed by atoms with Gasteiger partial charge in [0.15, 0.2) is 9.84 Å². The van der Waals surface area contributed by atoms with E-state index in [1.54, 1.807) is 35.6 Å². The molecule has 2 aromatic rings. The quantitative estimate of drug-likeness (QED) is 0.677. The summed E-state index contributed by atoms with van der Waals surface area (Å²) in [4.78, 5) is 39.7. The number of imide groups is 1. The molecular weight excluding hydrogens is 426 g/mol. The molecule has 2 aliphatic heterocycles. The van der Waals surface area contributed by atoms with Crippen LogP contribution in [0, 0.1) is 0 Å². The molecule has 3 heterocycles. The summed E-state index contributed by atoms with van der Waals surface area (Å²) in [5.41, 5.74) is 0.0690. The number of rotatable bonds is 5. The number of hydrogen-bond donors (Lipinski definition) is 2. The van der Waals surface area contributed by atoms with Crippen LogP contribution in [-0.2, 0) is 27.7 Å². The Morgan fingerprint density at radius 2 is 1.83 bits per heavy atom. The van der Waals surface area contributed by atoms with E-state index in [1.165, 1.54) is 0 Å². The van der Waals surface area contributed by atoms with Crippen molar-refractivity contribution in [2.45, 2.75) is 31.5 Å². The minimum atomic E-state index is -3.15. The molecule has 2 saturated heterocycles. The van der Waals surface area contributed by atoms with Crippen molar-refractivity contribution in [3.05, 3.63) is 57.8 Å². The molecule has 0 unspecified atom stereocenters. The molecule has 0 radical (unpaired) electrons. The van der Waals surface area contributed by atoms with E-state index < -0.39 is 21.4 Å². The van der Waals surface area contributed by atoms with Gasteiger partial charge in [0.1, 0.15) is 5.54 Å². The van der Waals surface area contributed by atoms with Gasteiger partial charge >= 0.3 is 6.03 Å². The van der Waals surface area contributed by atoms with Gasteiger partial charge in [-0.25, -0.2) is 13.2 Å². The lowest BCUT2D eigenvalue weighted by atomic mass is 9.92. The van der Waals surface area contributed by atoms with Crippen LogP contribution in [0.2, 0.25) is 0 Å². The number of thiophene rings is 1. The highest BCUT2D eigenvalue weighted by Gasteiger charge is 2.53. The molecule has 2 aliphatic rings. The number of urea groups is 1. The van der Waals surface area contributed by atoms with Crippen molar-refractivity contribution >= 4 is 39.0 Å². The summed E-state index contributed by atoms with van der Waals surface area (Å²) in [6, 6.07) is 10.1. The molecule has 0 atom stereocenters. The Bertz CT molecular complexity index is 1060.